The first-order valence-electron chi connectivity index (χ1n) is 5.38. The number of carbonyl (C=O) groups is 1. The van der Waals surface area contributed by atoms with Crippen molar-refractivity contribution in [1.29, 1.82) is 0 Å². The maximum absolute atomic E-state index is 11.9. The highest BCUT2D eigenvalue weighted by atomic mass is 16.5. The van der Waals surface area contributed by atoms with Gasteiger partial charge in [-0.15, -0.1) is 0 Å². The third-order valence-corrected chi connectivity index (χ3v) is 2.73. The summed E-state index contributed by atoms with van der Waals surface area (Å²) in [5, 5.41) is 10.5. The molecule has 0 saturated carbocycles. The van der Waals surface area contributed by atoms with Crippen molar-refractivity contribution in [2.45, 2.75) is 32.4 Å². The fourth-order valence-corrected chi connectivity index (χ4v) is 1.77. The molecule has 86 valence electrons. The maximum Gasteiger partial charge on any atom is 0.253 e. The number of nitrogens with one attached hydrogen (secondary N) is 1. The van der Waals surface area contributed by atoms with Gasteiger partial charge in [-0.3, -0.25) is 4.79 Å². The molecular weight excluding hydrogens is 206 g/mol. The normalized spacial score (nSPS) is 24.4. The smallest absolute Gasteiger partial charge is 0.253 e. The molecular formula is C11H15N3O2. The molecule has 0 radical (unpaired) electrons. The first-order chi connectivity index (χ1) is 7.66. The SMILES string of the molecule is Cc1cc(C(=O)NC2CCOC2C)cnn1. The Morgan fingerprint density at radius 1 is 1.62 bits per heavy atom. The lowest BCUT2D eigenvalue weighted by atomic mass is 10.1. The minimum atomic E-state index is -0.111. The van der Waals surface area contributed by atoms with Crippen molar-refractivity contribution in [3.8, 4) is 0 Å². The summed E-state index contributed by atoms with van der Waals surface area (Å²) in [5.74, 6) is -0.111. The van der Waals surface area contributed by atoms with Crippen molar-refractivity contribution in [3.05, 3.63) is 23.5 Å². The summed E-state index contributed by atoms with van der Waals surface area (Å²) in [7, 11) is 0. The predicted octanol–water partition coefficient (Wildman–Crippen LogP) is 0.692. The van der Waals surface area contributed by atoms with E-state index in [0.29, 0.717) is 12.2 Å². The van der Waals surface area contributed by atoms with E-state index in [-0.39, 0.29) is 18.1 Å². The lowest BCUT2D eigenvalue weighted by molar-refractivity contribution is 0.0865. The number of aryl methyl sites for hydroxylation is 1. The second kappa shape index (κ2) is 4.57. The molecule has 1 amide bonds. The van der Waals surface area contributed by atoms with Gasteiger partial charge in [-0.05, 0) is 26.3 Å². The fourth-order valence-electron chi connectivity index (χ4n) is 1.77. The van der Waals surface area contributed by atoms with Crippen LogP contribution in [-0.2, 0) is 4.74 Å². The quantitative estimate of drug-likeness (QED) is 0.798. The lowest BCUT2D eigenvalue weighted by Crippen LogP contribution is -2.39. The fraction of sp³-hybridized carbons (Fsp3) is 0.545. The molecule has 0 aliphatic carbocycles. The van der Waals surface area contributed by atoms with Crippen molar-refractivity contribution in [1.82, 2.24) is 15.5 Å². The van der Waals surface area contributed by atoms with Gasteiger partial charge in [-0.2, -0.15) is 10.2 Å². The van der Waals surface area contributed by atoms with Crippen molar-refractivity contribution >= 4 is 5.91 Å². The Hall–Kier alpha value is -1.49. The molecule has 1 aromatic rings. The highest BCUT2D eigenvalue weighted by molar-refractivity contribution is 5.94. The molecule has 5 nitrogen and oxygen atoms in total. The number of carbonyl (C=O) groups excluding carboxylic acids is 1. The van der Waals surface area contributed by atoms with Gasteiger partial charge in [-0.25, -0.2) is 0 Å². The highest BCUT2D eigenvalue weighted by Crippen LogP contribution is 2.13. The molecule has 2 heterocycles. The molecule has 0 bridgehead atoms. The van der Waals surface area contributed by atoms with Gasteiger partial charge >= 0.3 is 0 Å². The van der Waals surface area contributed by atoms with Gasteiger partial charge in [0, 0.05) is 6.61 Å². The van der Waals surface area contributed by atoms with Gasteiger partial charge in [0.25, 0.3) is 5.91 Å². The average molecular weight is 221 g/mol. The van der Waals surface area contributed by atoms with E-state index in [4.69, 9.17) is 4.74 Å². The lowest BCUT2D eigenvalue weighted by Gasteiger charge is -2.15. The molecule has 1 aromatic heterocycles. The number of hydrogen-bond donors (Lipinski definition) is 1. The van der Waals surface area contributed by atoms with E-state index in [9.17, 15) is 4.79 Å². The van der Waals surface area contributed by atoms with Crippen LogP contribution >= 0.6 is 0 Å². The first kappa shape index (κ1) is 11.0. The molecule has 2 atom stereocenters. The van der Waals surface area contributed by atoms with E-state index in [2.05, 4.69) is 15.5 Å². The van der Waals surface area contributed by atoms with Crippen LogP contribution in [-0.4, -0.2) is 34.9 Å². The minimum absolute atomic E-state index is 0.0832. The summed E-state index contributed by atoms with van der Waals surface area (Å²) < 4.78 is 5.38. The number of amides is 1. The van der Waals surface area contributed by atoms with Crippen LogP contribution < -0.4 is 5.32 Å². The predicted molar refractivity (Wildman–Crippen MR) is 58.1 cm³/mol. The summed E-state index contributed by atoms with van der Waals surface area (Å²) in [6.07, 6.45) is 2.42. The molecule has 16 heavy (non-hydrogen) atoms. The minimum Gasteiger partial charge on any atom is -0.376 e. The Labute approximate surface area is 94.2 Å². The van der Waals surface area contributed by atoms with Crippen molar-refractivity contribution in [3.63, 3.8) is 0 Å². The zero-order valence-electron chi connectivity index (χ0n) is 9.43. The van der Waals surface area contributed by atoms with Crippen molar-refractivity contribution in [2.75, 3.05) is 6.61 Å². The van der Waals surface area contributed by atoms with Crippen molar-refractivity contribution in [2.24, 2.45) is 0 Å². The van der Waals surface area contributed by atoms with Crippen LogP contribution in [0, 0.1) is 6.92 Å². The van der Waals surface area contributed by atoms with Crippen LogP contribution in [0.15, 0.2) is 12.3 Å². The van der Waals surface area contributed by atoms with Crippen LogP contribution in [0.1, 0.15) is 29.4 Å². The van der Waals surface area contributed by atoms with Gasteiger partial charge in [0.1, 0.15) is 0 Å². The monoisotopic (exact) mass is 221 g/mol. The van der Waals surface area contributed by atoms with Gasteiger partial charge in [0.05, 0.1) is 29.6 Å². The second-order valence-corrected chi connectivity index (χ2v) is 4.03. The molecule has 5 heteroatoms. The zero-order valence-corrected chi connectivity index (χ0v) is 9.43. The molecule has 1 N–H and O–H groups in total. The Morgan fingerprint density at radius 3 is 3.06 bits per heavy atom. The Bertz CT molecular complexity index is 395. The van der Waals surface area contributed by atoms with E-state index >= 15 is 0 Å². The summed E-state index contributed by atoms with van der Waals surface area (Å²) in [6.45, 7) is 4.48. The third-order valence-electron chi connectivity index (χ3n) is 2.73. The molecule has 0 aromatic carbocycles. The highest BCUT2D eigenvalue weighted by Gasteiger charge is 2.26. The van der Waals surface area contributed by atoms with Gasteiger partial charge in [0.15, 0.2) is 0 Å². The van der Waals surface area contributed by atoms with Gasteiger partial charge < -0.3 is 10.1 Å². The topological polar surface area (TPSA) is 64.1 Å². The molecule has 2 unspecified atom stereocenters. The molecule has 1 saturated heterocycles. The molecule has 1 aliphatic rings. The number of hydrogen-bond acceptors (Lipinski definition) is 4. The molecule has 0 spiro atoms. The Balaban J connectivity index is 2.03. The third kappa shape index (κ3) is 2.36. The van der Waals surface area contributed by atoms with Gasteiger partial charge in [0.2, 0.25) is 0 Å². The number of aromatic nitrogens is 2. The summed E-state index contributed by atoms with van der Waals surface area (Å²) in [6, 6.07) is 1.82. The second-order valence-electron chi connectivity index (χ2n) is 4.03. The van der Waals surface area contributed by atoms with Crippen LogP contribution in [0.2, 0.25) is 0 Å². The summed E-state index contributed by atoms with van der Waals surface area (Å²) in [4.78, 5) is 11.9. The van der Waals surface area contributed by atoms with E-state index in [1.165, 1.54) is 6.20 Å². The van der Waals surface area contributed by atoms with Crippen LogP contribution in [0.3, 0.4) is 0 Å². The van der Waals surface area contributed by atoms with Crippen molar-refractivity contribution < 1.29 is 9.53 Å². The van der Waals surface area contributed by atoms with Crippen LogP contribution in [0.25, 0.3) is 0 Å². The number of ether oxygens (including phenoxy) is 1. The van der Waals surface area contributed by atoms with E-state index < -0.39 is 0 Å². The average Bonchev–Trinajstić information content (AvgIpc) is 2.64. The van der Waals surface area contributed by atoms with E-state index in [0.717, 1.165) is 12.1 Å². The van der Waals surface area contributed by atoms with Crippen LogP contribution in [0.5, 0.6) is 0 Å². The van der Waals surface area contributed by atoms with Gasteiger partial charge in [-0.1, -0.05) is 0 Å². The standard InChI is InChI=1S/C11H15N3O2/c1-7-5-9(6-12-14-7)11(15)13-10-3-4-16-8(10)2/h5-6,8,10H,3-4H2,1-2H3,(H,13,15). The van der Waals surface area contributed by atoms with Crippen LogP contribution in [0.4, 0.5) is 0 Å². The molecule has 1 aliphatic heterocycles. The molecule has 2 rings (SSSR count). The van der Waals surface area contributed by atoms with E-state index in [1.54, 1.807) is 6.07 Å². The molecule has 1 fully saturated rings. The largest absolute Gasteiger partial charge is 0.376 e. The van der Waals surface area contributed by atoms with E-state index in [1.807, 2.05) is 13.8 Å². The number of nitrogens with zero attached hydrogens (tertiary/aromatic N) is 2. The Kier molecular flexibility index (Phi) is 3.14. The first-order valence-corrected chi connectivity index (χ1v) is 5.38. The zero-order chi connectivity index (χ0) is 11.5. The summed E-state index contributed by atoms with van der Waals surface area (Å²) >= 11 is 0. The number of rotatable bonds is 2. The summed E-state index contributed by atoms with van der Waals surface area (Å²) in [5.41, 5.74) is 1.29. The Morgan fingerprint density at radius 2 is 2.44 bits per heavy atom. The maximum atomic E-state index is 11.9.